The Bertz CT molecular complexity index is 816. The molecule has 0 aliphatic heterocycles. The molecule has 24 heavy (non-hydrogen) atoms. The maximum atomic E-state index is 13.9. The zero-order valence-corrected chi connectivity index (χ0v) is 14.2. The fraction of sp³-hybridized carbons (Fsp3) is 0.353. The number of aromatic nitrogens is 4. The minimum atomic E-state index is -2.60. The summed E-state index contributed by atoms with van der Waals surface area (Å²) in [6.45, 7) is 9.04. The van der Waals surface area contributed by atoms with Gasteiger partial charge in [0.25, 0.3) is 5.85 Å². The molecule has 0 aromatic carbocycles. The van der Waals surface area contributed by atoms with Gasteiger partial charge in [0, 0.05) is 25.8 Å². The van der Waals surface area contributed by atoms with Crippen LogP contribution in [0.15, 0.2) is 42.3 Å². The maximum absolute atomic E-state index is 13.9. The molecule has 6 nitrogen and oxygen atoms in total. The van der Waals surface area contributed by atoms with Crippen LogP contribution < -0.4 is 0 Å². The number of hydrogen-bond acceptors (Lipinski definition) is 5. The highest BCUT2D eigenvalue weighted by molar-refractivity contribution is 5.77. The van der Waals surface area contributed by atoms with Gasteiger partial charge < -0.3 is 9.84 Å². The van der Waals surface area contributed by atoms with Gasteiger partial charge in [-0.25, -0.2) is 4.39 Å². The molecule has 128 valence electrons. The minimum absolute atomic E-state index is 0.200. The highest BCUT2D eigenvalue weighted by Gasteiger charge is 2.28. The van der Waals surface area contributed by atoms with Crippen molar-refractivity contribution in [3.05, 3.63) is 53.8 Å². The van der Waals surface area contributed by atoms with E-state index in [1.165, 1.54) is 10.6 Å². The summed E-state index contributed by atoms with van der Waals surface area (Å²) in [5.41, 5.74) is 3.51. The lowest BCUT2D eigenvalue weighted by Gasteiger charge is -2.13. The average molecular weight is 332 g/mol. The lowest BCUT2D eigenvalue weighted by atomic mass is 10.0. The van der Waals surface area contributed by atoms with Crippen molar-refractivity contribution in [1.29, 1.82) is 0 Å². The highest BCUT2D eigenvalue weighted by atomic mass is 19.2. The molecule has 2 rings (SSSR count). The Morgan fingerprint density at radius 3 is 2.75 bits per heavy atom. The van der Waals surface area contributed by atoms with Crippen molar-refractivity contribution in [2.75, 3.05) is 13.7 Å². The fourth-order valence-corrected chi connectivity index (χ4v) is 2.40. The van der Waals surface area contributed by atoms with Crippen LogP contribution in [0.1, 0.15) is 32.3 Å². The molecule has 2 aromatic heterocycles. The summed E-state index contributed by atoms with van der Waals surface area (Å²) >= 11 is 0. The van der Waals surface area contributed by atoms with E-state index in [0.717, 1.165) is 23.6 Å². The topological polar surface area (TPSA) is 72.5 Å². The number of rotatable bonds is 6. The smallest absolute Gasteiger partial charge is 0.265 e. The molecular formula is C17H21FN4O2. The molecule has 0 radical (unpaired) electrons. The third-order valence-corrected chi connectivity index (χ3v) is 3.33. The third-order valence-electron chi connectivity index (χ3n) is 3.33. The predicted octanol–water partition coefficient (Wildman–Crippen LogP) is 2.81. The number of hydrogen-bond donors (Lipinski definition) is 1. The van der Waals surface area contributed by atoms with E-state index < -0.39 is 5.85 Å². The molecule has 0 saturated carbocycles. The van der Waals surface area contributed by atoms with Gasteiger partial charge in [-0.1, -0.05) is 24.3 Å². The molecule has 0 aliphatic rings. The summed E-state index contributed by atoms with van der Waals surface area (Å²) in [6.07, 6.45) is 6.87. The maximum Gasteiger partial charge on any atom is 0.265 e. The van der Waals surface area contributed by atoms with Gasteiger partial charge in [-0.2, -0.15) is 0 Å². The number of fused-ring (bicyclic) bond motifs is 1. The van der Waals surface area contributed by atoms with Crippen molar-refractivity contribution >= 4 is 11.2 Å². The SMILES string of the molecule is C=C(C)/C=C(/COC)C(=CC)c1cn2c(C(C)(O)F)nnc2cn1. The summed E-state index contributed by atoms with van der Waals surface area (Å²) in [4.78, 5) is 4.36. The number of halogens is 1. The molecule has 0 aliphatic carbocycles. The van der Waals surface area contributed by atoms with Crippen LogP contribution >= 0.6 is 0 Å². The second-order valence-electron chi connectivity index (χ2n) is 5.63. The Kier molecular flexibility index (Phi) is 5.26. The summed E-state index contributed by atoms with van der Waals surface area (Å²) in [7, 11) is 1.61. The first kappa shape index (κ1) is 18.0. The summed E-state index contributed by atoms with van der Waals surface area (Å²) in [5.74, 6) is -2.80. The largest absolute Gasteiger partial charge is 0.380 e. The van der Waals surface area contributed by atoms with Gasteiger partial charge in [-0.3, -0.25) is 9.38 Å². The summed E-state index contributed by atoms with van der Waals surface area (Å²) in [5, 5.41) is 17.1. The van der Waals surface area contributed by atoms with Crippen LogP contribution in [0.5, 0.6) is 0 Å². The van der Waals surface area contributed by atoms with Crippen molar-refractivity contribution in [3.8, 4) is 0 Å². The Morgan fingerprint density at radius 2 is 2.21 bits per heavy atom. The number of alkyl halides is 1. The van der Waals surface area contributed by atoms with Gasteiger partial charge in [-0.15, -0.1) is 10.2 Å². The average Bonchev–Trinajstić information content (AvgIpc) is 2.91. The standard InChI is InChI=1S/C17H21FN4O2/c1-6-13(12(10-24-5)7-11(2)3)14-9-22-15(8-19-14)20-21-16(22)17(4,18)23/h6-9,23H,2,10H2,1,3-5H3/b12-7-,13-6?. The van der Waals surface area contributed by atoms with Crippen molar-refractivity contribution < 1.29 is 14.2 Å². The van der Waals surface area contributed by atoms with E-state index in [1.807, 2.05) is 26.0 Å². The summed E-state index contributed by atoms with van der Waals surface area (Å²) in [6, 6.07) is 0. The molecule has 2 aromatic rings. The normalized spacial score (nSPS) is 15.6. The van der Waals surface area contributed by atoms with Crippen molar-refractivity contribution in [2.45, 2.75) is 26.6 Å². The van der Waals surface area contributed by atoms with Gasteiger partial charge in [0.05, 0.1) is 18.5 Å². The molecule has 0 spiro atoms. The first-order valence-electron chi connectivity index (χ1n) is 7.42. The van der Waals surface area contributed by atoms with E-state index >= 15 is 0 Å². The van der Waals surface area contributed by atoms with Gasteiger partial charge in [-0.05, 0) is 19.4 Å². The van der Waals surface area contributed by atoms with E-state index in [9.17, 15) is 9.50 Å². The summed E-state index contributed by atoms with van der Waals surface area (Å²) < 4.78 is 20.5. The first-order chi connectivity index (χ1) is 11.3. The van der Waals surface area contributed by atoms with Gasteiger partial charge in [0.15, 0.2) is 5.65 Å². The highest BCUT2D eigenvalue weighted by Crippen LogP contribution is 2.25. The van der Waals surface area contributed by atoms with E-state index in [0.29, 0.717) is 17.9 Å². The molecule has 1 N–H and O–H groups in total. The Balaban J connectivity index is 2.59. The van der Waals surface area contributed by atoms with Crippen molar-refractivity contribution in [2.24, 2.45) is 0 Å². The number of ether oxygens (including phenoxy) is 1. The van der Waals surface area contributed by atoms with Crippen LogP contribution in [0.25, 0.3) is 11.2 Å². The molecule has 0 bridgehead atoms. The number of allylic oxidation sites excluding steroid dienone is 3. The fourth-order valence-electron chi connectivity index (χ4n) is 2.40. The molecule has 0 amide bonds. The quantitative estimate of drug-likeness (QED) is 0.824. The second-order valence-corrected chi connectivity index (χ2v) is 5.63. The third kappa shape index (κ3) is 3.74. The van der Waals surface area contributed by atoms with Crippen LogP contribution in [0.2, 0.25) is 0 Å². The van der Waals surface area contributed by atoms with E-state index in [1.54, 1.807) is 13.3 Å². The molecule has 2 heterocycles. The van der Waals surface area contributed by atoms with Crippen LogP contribution in [-0.4, -0.2) is 38.4 Å². The molecule has 7 heteroatoms. The second kappa shape index (κ2) is 7.02. The molecular weight excluding hydrogens is 311 g/mol. The zero-order valence-electron chi connectivity index (χ0n) is 14.2. The zero-order chi connectivity index (χ0) is 17.9. The van der Waals surface area contributed by atoms with Crippen LogP contribution in [0.4, 0.5) is 4.39 Å². The van der Waals surface area contributed by atoms with Crippen molar-refractivity contribution in [1.82, 2.24) is 19.6 Å². The monoisotopic (exact) mass is 332 g/mol. The van der Waals surface area contributed by atoms with Crippen LogP contribution in [0.3, 0.4) is 0 Å². The Morgan fingerprint density at radius 1 is 1.50 bits per heavy atom. The molecule has 0 saturated heterocycles. The number of methoxy groups -OCH3 is 1. The Hall–Kier alpha value is -2.38. The number of aliphatic hydroxyl groups is 1. The van der Waals surface area contributed by atoms with Gasteiger partial charge in [0.2, 0.25) is 5.82 Å². The predicted molar refractivity (Wildman–Crippen MR) is 89.9 cm³/mol. The van der Waals surface area contributed by atoms with E-state index in [4.69, 9.17) is 4.74 Å². The van der Waals surface area contributed by atoms with Crippen molar-refractivity contribution in [3.63, 3.8) is 0 Å². The Labute approximate surface area is 140 Å². The molecule has 1 atom stereocenters. The molecule has 0 fully saturated rings. The van der Waals surface area contributed by atoms with Crippen LogP contribution in [0, 0.1) is 0 Å². The minimum Gasteiger partial charge on any atom is -0.380 e. The van der Waals surface area contributed by atoms with Gasteiger partial charge >= 0.3 is 0 Å². The lowest BCUT2D eigenvalue weighted by Crippen LogP contribution is -2.18. The van der Waals surface area contributed by atoms with Gasteiger partial charge in [0.1, 0.15) is 0 Å². The number of nitrogens with zero attached hydrogens (tertiary/aromatic N) is 4. The first-order valence-corrected chi connectivity index (χ1v) is 7.42. The molecule has 1 unspecified atom stereocenters. The lowest BCUT2D eigenvalue weighted by molar-refractivity contribution is -0.0853. The van der Waals surface area contributed by atoms with Crippen LogP contribution in [-0.2, 0) is 10.6 Å². The van der Waals surface area contributed by atoms with E-state index in [2.05, 4.69) is 21.8 Å². The van der Waals surface area contributed by atoms with E-state index in [-0.39, 0.29) is 5.82 Å².